The highest BCUT2D eigenvalue weighted by Crippen LogP contribution is 2.41. The topological polar surface area (TPSA) is 63.3 Å². The molecular formula is C11H12FNO2S. The van der Waals surface area contributed by atoms with Crippen molar-refractivity contribution in [1.82, 2.24) is 0 Å². The Morgan fingerprint density at radius 1 is 1.50 bits per heavy atom. The highest BCUT2D eigenvalue weighted by atomic mass is 32.2. The first kappa shape index (κ1) is 11.3. The zero-order chi connectivity index (χ0) is 11.7. The average Bonchev–Trinajstić information content (AvgIpc) is 2.17. The van der Waals surface area contributed by atoms with Crippen LogP contribution >= 0.6 is 11.8 Å². The second kappa shape index (κ2) is 4.33. The van der Waals surface area contributed by atoms with Gasteiger partial charge < -0.3 is 10.8 Å². The zero-order valence-electron chi connectivity index (χ0n) is 8.52. The quantitative estimate of drug-likeness (QED) is 0.797. The van der Waals surface area contributed by atoms with Gasteiger partial charge in [-0.2, -0.15) is 0 Å². The SMILES string of the molecule is Nc1ccc(SC2CCC2C(=O)O)cc1F. The van der Waals surface area contributed by atoms with Gasteiger partial charge in [0.25, 0.3) is 0 Å². The van der Waals surface area contributed by atoms with E-state index in [1.165, 1.54) is 23.9 Å². The van der Waals surface area contributed by atoms with Crippen LogP contribution in [0, 0.1) is 11.7 Å². The van der Waals surface area contributed by atoms with Gasteiger partial charge in [0.15, 0.2) is 0 Å². The van der Waals surface area contributed by atoms with E-state index >= 15 is 0 Å². The maximum absolute atomic E-state index is 13.2. The van der Waals surface area contributed by atoms with Gasteiger partial charge in [-0.25, -0.2) is 4.39 Å². The predicted octanol–water partition coefficient (Wildman–Crippen LogP) is 2.36. The summed E-state index contributed by atoms with van der Waals surface area (Å²) < 4.78 is 13.2. The van der Waals surface area contributed by atoms with Crippen molar-refractivity contribution in [2.75, 3.05) is 5.73 Å². The molecular weight excluding hydrogens is 229 g/mol. The molecule has 0 radical (unpaired) electrons. The van der Waals surface area contributed by atoms with E-state index in [9.17, 15) is 9.18 Å². The minimum atomic E-state index is -0.764. The van der Waals surface area contributed by atoms with Crippen molar-refractivity contribution in [2.45, 2.75) is 23.0 Å². The standard InChI is InChI=1S/C11H12FNO2S/c12-8-5-6(1-3-9(8)13)16-10-4-2-7(10)11(14)15/h1,3,5,7,10H,2,4,13H2,(H,14,15). The molecule has 3 nitrogen and oxygen atoms in total. The maximum atomic E-state index is 13.2. The normalized spacial score (nSPS) is 23.8. The molecule has 0 amide bonds. The number of nitrogens with two attached hydrogens (primary N) is 1. The van der Waals surface area contributed by atoms with Crippen LogP contribution < -0.4 is 5.73 Å². The fourth-order valence-corrected chi connectivity index (χ4v) is 2.99. The lowest BCUT2D eigenvalue weighted by Gasteiger charge is -2.32. The molecule has 0 spiro atoms. The van der Waals surface area contributed by atoms with Crippen molar-refractivity contribution in [3.8, 4) is 0 Å². The van der Waals surface area contributed by atoms with Gasteiger partial charge in [-0.3, -0.25) is 4.79 Å². The first-order valence-electron chi connectivity index (χ1n) is 5.02. The summed E-state index contributed by atoms with van der Waals surface area (Å²) in [6, 6.07) is 4.59. The number of carboxylic acids is 1. The van der Waals surface area contributed by atoms with Crippen LogP contribution in [0.1, 0.15) is 12.8 Å². The minimum Gasteiger partial charge on any atom is -0.481 e. The van der Waals surface area contributed by atoms with Gasteiger partial charge >= 0.3 is 5.97 Å². The molecule has 2 rings (SSSR count). The molecule has 16 heavy (non-hydrogen) atoms. The summed E-state index contributed by atoms with van der Waals surface area (Å²) in [5, 5.41) is 8.93. The number of benzene rings is 1. The third-order valence-electron chi connectivity index (χ3n) is 2.79. The fraction of sp³-hybridized carbons (Fsp3) is 0.364. The van der Waals surface area contributed by atoms with Crippen molar-refractivity contribution in [2.24, 2.45) is 5.92 Å². The zero-order valence-corrected chi connectivity index (χ0v) is 9.34. The number of rotatable bonds is 3. The molecule has 1 aromatic rings. The molecule has 1 fully saturated rings. The number of nitrogen functional groups attached to an aromatic ring is 1. The highest BCUT2D eigenvalue weighted by Gasteiger charge is 2.37. The smallest absolute Gasteiger partial charge is 0.307 e. The Morgan fingerprint density at radius 3 is 2.75 bits per heavy atom. The van der Waals surface area contributed by atoms with E-state index in [-0.39, 0.29) is 16.9 Å². The molecule has 86 valence electrons. The van der Waals surface area contributed by atoms with Crippen molar-refractivity contribution in [1.29, 1.82) is 0 Å². The number of carboxylic acid groups (broad SMARTS) is 1. The number of halogens is 1. The molecule has 0 heterocycles. The van der Waals surface area contributed by atoms with Crippen LogP contribution in [-0.4, -0.2) is 16.3 Å². The molecule has 2 unspecified atom stereocenters. The van der Waals surface area contributed by atoms with Crippen LogP contribution in [0.2, 0.25) is 0 Å². The van der Waals surface area contributed by atoms with Gasteiger partial charge in [0.1, 0.15) is 5.82 Å². The second-order valence-electron chi connectivity index (χ2n) is 3.86. The second-order valence-corrected chi connectivity index (χ2v) is 5.17. The van der Waals surface area contributed by atoms with Crippen LogP contribution in [0.5, 0.6) is 0 Å². The van der Waals surface area contributed by atoms with E-state index < -0.39 is 11.8 Å². The molecule has 1 aromatic carbocycles. The third kappa shape index (κ3) is 2.14. The Kier molecular flexibility index (Phi) is 3.05. The Hall–Kier alpha value is -1.23. The molecule has 0 bridgehead atoms. The summed E-state index contributed by atoms with van der Waals surface area (Å²) in [6.45, 7) is 0. The van der Waals surface area contributed by atoms with Crippen LogP contribution in [0.25, 0.3) is 0 Å². The third-order valence-corrected chi connectivity index (χ3v) is 4.18. The summed E-state index contributed by atoms with van der Waals surface area (Å²) in [4.78, 5) is 11.5. The lowest BCUT2D eigenvalue weighted by atomic mass is 9.85. The van der Waals surface area contributed by atoms with Crippen LogP contribution in [0.15, 0.2) is 23.1 Å². The van der Waals surface area contributed by atoms with E-state index in [1.807, 2.05) is 0 Å². The Bertz CT molecular complexity index is 424. The van der Waals surface area contributed by atoms with Gasteiger partial charge in [0.2, 0.25) is 0 Å². The molecule has 1 aliphatic carbocycles. The molecule has 0 aromatic heterocycles. The number of carbonyl (C=O) groups is 1. The van der Waals surface area contributed by atoms with Gasteiger partial charge in [0.05, 0.1) is 11.6 Å². The monoisotopic (exact) mass is 241 g/mol. The highest BCUT2D eigenvalue weighted by molar-refractivity contribution is 8.00. The first-order valence-corrected chi connectivity index (χ1v) is 5.90. The predicted molar refractivity (Wildman–Crippen MR) is 60.8 cm³/mol. The van der Waals surface area contributed by atoms with E-state index in [4.69, 9.17) is 10.8 Å². The Labute approximate surface area is 96.8 Å². The first-order chi connectivity index (χ1) is 7.58. The number of hydrogen-bond acceptors (Lipinski definition) is 3. The largest absolute Gasteiger partial charge is 0.481 e. The summed E-state index contributed by atoms with van der Waals surface area (Å²) in [6.07, 6.45) is 1.58. The Morgan fingerprint density at radius 2 is 2.25 bits per heavy atom. The van der Waals surface area contributed by atoms with Gasteiger partial charge in [0, 0.05) is 10.1 Å². The van der Waals surface area contributed by atoms with E-state index in [0.29, 0.717) is 6.42 Å². The summed E-state index contributed by atoms with van der Waals surface area (Å²) in [5.41, 5.74) is 5.48. The Balaban J connectivity index is 2.04. The van der Waals surface area contributed by atoms with E-state index in [1.54, 1.807) is 6.07 Å². The maximum Gasteiger partial charge on any atom is 0.307 e. The number of thioether (sulfide) groups is 1. The van der Waals surface area contributed by atoms with Gasteiger partial charge in [-0.1, -0.05) is 0 Å². The van der Waals surface area contributed by atoms with Crippen molar-refractivity contribution >= 4 is 23.4 Å². The average molecular weight is 241 g/mol. The number of hydrogen-bond donors (Lipinski definition) is 2. The fourth-order valence-electron chi connectivity index (χ4n) is 1.65. The van der Waals surface area contributed by atoms with Crippen molar-refractivity contribution < 1.29 is 14.3 Å². The van der Waals surface area contributed by atoms with Crippen molar-refractivity contribution in [3.05, 3.63) is 24.0 Å². The van der Waals surface area contributed by atoms with Crippen LogP contribution in [0.3, 0.4) is 0 Å². The molecule has 5 heteroatoms. The lowest BCUT2D eigenvalue weighted by molar-refractivity contribution is -0.144. The lowest BCUT2D eigenvalue weighted by Crippen LogP contribution is -2.35. The molecule has 0 aliphatic heterocycles. The summed E-state index contributed by atoms with van der Waals surface area (Å²) >= 11 is 1.41. The molecule has 1 aliphatic rings. The van der Waals surface area contributed by atoms with Crippen LogP contribution in [0.4, 0.5) is 10.1 Å². The van der Waals surface area contributed by atoms with Crippen molar-refractivity contribution in [3.63, 3.8) is 0 Å². The molecule has 2 atom stereocenters. The number of anilines is 1. The molecule has 3 N–H and O–H groups in total. The van der Waals surface area contributed by atoms with E-state index in [0.717, 1.165) is 11.3 Å². The number of aliphatic carboxylic acids is 1. The molecule has 0 saturated heterocycles. The summed E-state index contributed by atoms with van der Waals surface area (Å²) in [5.74, 6) is -1.51. The summed E-state index contributed by atoms with van der Waals surface area (Å²) in [7, 11) is 0. The van der Waals surface area contributed by atoms with Crippen LogP contribution in [-0.2, 0) is 4.79 Å². The van der Waals surface area contributed by atoms with Gasteiger partial charge in [-0.15, -0.1) is 11.8 Å². The minimum absolute atomic E-state index is 0.0560. The molecule has 1 saturated carbocycles. The van der Waals surface area contributed by atoms with Gasteiger partial charge in [-0.05, 0) is 31.0 Å². The van der Waals surface area contributed by atoms with E-state index in [2.05, 4.69) is 0 Å².